The Kier molecular flexibility index (Phi) is 3.87. The molecule has 5 nitrogen and oxygen atoms in total. The molecule has 2 N–H and O–H groups in total. The van der Waals surface area contributed by atoms with Crippen LogP contribution in [0.25, 0.3) is 0 Å². The summed E-state index contributed by atoms with van der Waals surface area (Å²) in [7, 11) is 0. The Morgan fingerprint density at radius 1 is 1.55 bits per heavy atom. The molecule has 1 aromatic rings. The molecule has 1 saturated heterocycles. The fourth-order valence-corrected chi connectivity index (χ4v) is 2.26. The van der Waals surface area contributed by atoms with Gasteiger partial charge in [0.05, 0.1) is 6.42 Å². The van der Waals surface area contributed by atoms with Crippen LogP contribution in [0.1, 0.15) is 12.0 Å². The average Bonchev–Trinajstić information content (AvgIpc) is 2.64. The van der Waals surface area contributed by atoms with Crippen molar-refractivity contribution in [3.63, 3.8) is 0 Å². The number of amides is 2. The fourth-order valence-electron chi connectivity index (χ4n) is 2.02. The van der Waals surface area contributed by atoms with E-state index in [4.69, 9.17) is 11.6 Å². The minimum Gasteiger partial charge on any atom is -0.368 e. The summed E-state index contributed by atoms with van der Waals surface area (Å²) in [5.41, 5.74) is -1.66. The van der Waals surface area contributed by atoms with Gasteiger partial charge in [0.2, 0.25) is 0 Å². The molecule has 1 aromatic carbocycles. The first-order valence-corrected chi connectivity index (χ1v) is 6.29. The molecule has 2 rings (SSSR count). The third-order valence-electron chi connectivity index (χ3n) is 3.14. The molecule has 0 bridgehead atoms. The van der Waals surface area contributed by atoms with Crippen molar-refractivity contribution in [1.29, 1.82) is 0 Å². The number of hydrogen-bond acceptors (Lipinski definition) is 3. The van der Waals surface area contributed by atoms with Gasteiger partial charge in [0, 0.05) is 11.6 Å². The molecule has 0 spiro atoms. The molecule has 1 heterocycles. The summed E-state index contributed by atoms with van der Waals surface area (Å²) < 4.78 is 14.2. The number of nitrogens with zero attached hydrogens (tertiary/aromatic N) is 1. The highest BCUT2D eigenvalue weighted by molar-refractivity contribution is 6.30. The summed E-state index contributed by atoms with van der Waals surface area (Å²) in [4.78, 5) is 23.6. The van der Waals surface area contributed by atoms with Crippen LogP contribution in [0.4, 0.5) is 4.39 Å². The van der Waals surface area contributed by atoms with E-state index < -0.39 is 23.2 Å². The van der Waals surface area contributed by atoms with E-state index in [1.807, 2.05) is 0 Å². The smallest absolute Gasteiger partial charge is 0.368 e. The highest BCUT2D eigenvalue weighted by Gasteiger charge is 2.56. The van der Waals surface area contributed by atoms with Crippen LogP contribution >= 0.6 is 11.6 Å². The van der Waals surface area contributed by atoms with Gasteiger partial charge < -0.3 is 10.4 Å². The lowest BCUT2D eigenvalue weighted by Crippen LogP contribution is -2.51. The maximum Gasteiger partial charge on any atom is 0.428 e. The van der Waals surface area contributed by atoms with Crippen LogP contribution in [0, 0.1) is 5.82 Å². The monoisotopic (exact) mass is 299 g/mol. The van der Waals surface area contributed by atoms with Gasteiger partial charge in [0.15, 0.2) is 6.54 Å². The third kappa shape index (κ3) is 2.71. The zero-order valence-corrected chi connectivity index (χ0v) is 11.3. The molecule has 1 fully saturated rings. The fraction of sp³-hybridized carbons (Fsp3) is 0.308. The second kappa shape index (κ2) is 5.30. The van der Waals surface area contributed by atoms with Gasteiger partial charge in [-0.1, -0.05) is 11.6 Å². The van der Waals surface area contributed by atoms with Crippen LogP contribution in [0.2, 0.25) is 5.02 Å². The number of benzene rings is 1. The Hall–Kier alpha value is -1.79. The largest absolute Gasteiger partial charge is 0.428 e. The predicted molar refractivity (Wildman–Crippen MR) is 70.1 cm³/mol. The molecule has 7 heteroatoms. The van der Waals surface area contributed by atoms with Gasteiger partial charge >= 0.3 is 5.91 Å². The van der Waals surface area contributed by atoms with E-state index in [2.05, 4.69) is 12.0 Å². The Morgan fingerprint density at radius 2 is 2.25 bits per heavy atom. The Labute approximate surface area is 119 Å². The standard InChI is InChI=1S/C13H12ClFN2O3/c1-17-3-2-13(20,12(17)19)11(18)16-7-8-4-9(14)6-10(15)5-8/h4-6,20H,1-3,7H2/p+1. The van der Waals surface area contributed by atoms with Gasteiger partial charge in [-0.25, -0.2) is 9.18 Å². The van der Waals surface area contributed by atoms with Crippen LogP contribution in [0.5, 0.6) is 0 Å². The van der Waals surface area contributed by atoms with Gasteiger partial charge in [-0.05, 0) is 23.8 Å². The Balaban J connectivity index is 2.06. The molecule has 106 valence electrons. The van der Waals surface area contributed by atoms with Gasteiger partial charge in [-0.15, -0.1) is 0 Å². The SMILES string of the molecule is C=[N+]1CCC(O)(C(=O)NCc2cc(F)cc(Cl)c2)C1=O. The van der Waals surface area contributed by atoms with E-state index in [-0.39, 0.29) is 24.5 Å². The van der Waals surface area contributed by atoms with Crippen LogP contribution in [0.15, 0.2) is 18.2 Å². The molecular weight excluding hydrogens is 287 g/mol. The molecule has 0 aromatic heterocycles. The molecule has 1 atom stereocenters. The van der Waals surface area contributed by atoms with Crippen LogP contribution in [-0.2, 0) is 16.1 Å². The first kappa shape index (κ1) is 14.6. The summed E-state index contributed by atoms with van der Waals surface area (Å²) in [5.74, 6) is -2.09. The number of rotatable bonds is 3. The van der Waals surface area contributed by atoms with Gasteiger partial charge in [0.25, 0.3) is 11.5 Å². The van der Waals surface area contributed by atoms with E-state index in [0.717, 1.165) is 10.6 Å². The van der Waals surface area contributed by atoms with Crippen LogP contribution in [-0.4, -0.2) is 40.4 Å². The molecule has 0 radical (unpaired) electrons. The molecule has 20 heavy (non-hydrogen) atoms. The van der Waals surface area contributed by atoms with Crippen molar-refractivity contribution in [1.82, 2.24) is 5.32 Å². The predicted octanol–water partition coefficient (Wildman–Crippen LogP) is 0.470. The van der Waals surface area contributed by atoms with E-state index >= 15 is 0 Å². The van der Waals surface area contributed by atoms with E-state index in [0.29, 0.717) is 5.56 Å². The normalized spacial score (nSPS) is 22.1. The zero-order chi connectivity index (χ0) is 14.9. The minimum absolute atomic E-state index is 0.0227. The first-order valence-electron chi connectivity index (χ1n) is 5.91. The van der Waals surface area contributed by atoms with Crippen molar-refractivity contribution in [2.45, 2.75) is 18.6 Å². The number of nitrogens with one attached hydrogen (secondary N) is 1. The molecule has 1 aliphatic heterocycles. The highest BCUT2D eigenvalue weighted by Crippen LogP contribution is 2.20. The first-order chi connectivity index (χ1) is 9.33. The van der Waals surface area contributed by atoms with E-state index in [1.165, 1.54) is 12.1 Å². The number of aliphatic hydroxyl groups is 1. The second-order valence-corrected chi connectivity index (χ2v) is 5.08. The van der Waals surface area contributed by atoms with Gasteiger partial charge in [-0.3, -0.25) is 4.79 Å². The summed E-state index contributed by atoms with van der Waals surface area (Å²) in [5, 5.41) is 12.6. The Bertz CT molecular complexity index is 585. The van der Waals surface area contributed by atoms with Crippen molar-refractivity contribution in [3.05, 3.63) is 34.6 Å². The van der Waals surface area contributed by atoms with Crippen molar-refractivity contribution in [3.8, 4) is 0 Å². The quantitative estimate of drug-likeness (QED) is 0.630. The minimum atomic E-state index is -2.10. The Morgan fingerprint density at radius 3 is 2.80 bits per heavy atom. The van der Waals surface area contributed by atoms with E-state index in [1.54, 1.807) is 0 Å². The summed E-state index contributed by atoms with van der Waals surface area (Å²) in [6, 6.07) is 3.83. The van der Waals surface area contributed by atoms with Crippen LogP contribution < -0.4 is 5.32 Å². The average molecular weight is 300 g/mol. The lowest BCUT2D eigenvalue weighted by Gasteiger charge is -2.15. The molecule has 1 aliphatic rings. The van der Waals surface area contributed by atoms with Crippen molar-refractivity contribution >= 4 is 30.1 Å². The maximum absolute atomic E-state index is 13.1. The number of halogens is 2. The lowest BCUT2D eigenvalue weighted by atomic mass is 10.0. The number of carbonyl (C=O) groups excluding carboxylic acids is 2. The third-order valence-corrected chi connectivity index (χ3v) is 3.35. The summed E-state index contributed by atoms with van der Waals surface area (Å²) >= 11 is 5.69. The van der Waals surface area contributed by atoms with Crippen molar-refractivity contribution < 1.29 is 23.7 Å². The molecule has 2 amide bonds. The van der Waals surface area contributed by atoms with Gasteiger partial charge in [0.1, 0.15) is 12.5 Å². The zero-order valence-electron chi connectivity index (χ0n) is 10.5. The molecule has 0 aliphatic carbocycles. The summed E-state index contributed by atoms with van der Waals surface area (Å²) in [6.45, 7) is 3.58. The van der Waals surface area contributed by atoms with Crippen molar-refractivity contribution in [2.75, 3.05) is 6.54 Å². The van der Waals surface area contributed by atoms with Crippen LogP contribution in [0.3, 0.4) is 0 Å². The topological polar surface area (TPSA) is 69.4 Å². The number of hydrogen-bond donors (Lipinski definition) is 2. The second-order valence-electron chi connectivity index (χ2n) is 4.64. The van der Waals surface area contributed by atoms with Crippen molar-refractivity contribution in [2.24, 2.45) is 0 Å². The summed E-state index contributed by atoms with van der Waals surface area (Å²) in [6.07, 6.45) is -0.0227. The molecule has 1 unspecified atom stereocenters. The lowest BCUT2D eigenvalue weighted by molar-refractivity contribution is -0.426. The molecular formula is C13H13ClFN2O3+. The maximum atomic E-state index is 13.1. The highest BCUT2D eigenvalue weighted by atomic mass is 35.5. The number of carbonyl (C=O) groups is 2. The van der Waals surface area contributed by atoms with Gasteiger partial charge in [-0.2, -0.15) is 4.58 Å². The van der Waals surface area contributed by atoms with E-state index in [9.17, 15) is 19.1 Å². The molecule has 0 saturated carbocycles.